The van der Waals surface area contributed by atoms with Crippen molar-refractivity contribution >= 4 is 16.1 Å². The van der Waals surface area contributed by atoms with E-state index in [-0.39, 0.29) is 4.90 Å². The van der Waals surface area contributed by atoms with Crippen LogP contribution in [-0.2, 0) is 16.4 Å². The van der Waals surface area contributed by atoms with Gasteiger partial charge in [0.05, 0.1) is 10.9 Å². The minimum absolute atomic E-state index is 0.0538. The van der Waals surface area contributed by atoms with Crippen LogP contribution in [-0.4, -0.2) is 28.6 Å². The first kappa shape index (κ1) is 25.0. The molecule has 9 heteroatoms. The molecular weight excluding hydrogens is 498 g/mol. The fraction of sp³-hybridized carbons (Fsp3) is 0.103. The van der Waals surface area contributed by atoms with Crippen molar-refractivity contribution in [1.82, 2.24) is 24.2 Å². The van der Waals surface area contributed by atoms with Crippen LogP contribution in [0.3, 0.4) is 0 Å². The molecule has 38 heavy (non-hydrogen) atoms. The number of hydrogen-bond donors (Lipinski definition) is 2. The van der Waals surface area contributed by atoms with E-state index in [1.807, 2.05) is 94.5 Å². The first-order valence-corrected chi connectivity index (χ1v) is 13.6. The van der Waals surface area contributed by atoms with Gasteiger partial charge in [0.25, 0.3) is 10.0 Å². The third-order valence-corrected chi connectivity index (χ3v) is 7.68. The van der Waals surface area contributed by atoms with Crippen LogP contribution in [0, 0.1) is 6.92 Å². The number of amides is 2. The normalized spacial score (nSPS) is 12.1. The Labute approximate surface area is 221 Å². The fourth-order valence-corrected chi connectivity index (χ4v) is 5.54. The van der Waals surface area contributed by atoms with Gasteiger partial charge < -0.3 is 14.5 Å². The lowest BCUT2D eigenvalue weighted by molar-refractivity contribution is 0.241. The van der Waals surface area contributed by atoms with Gasteiger partial charge in [0.1, 0.15) is 5.82 Å². The number of carbonyl (C=O) groups is 1. The Bertz CT molecular complexity index is 1640. The van der Waals surface area contributed by atoms with Crippen molar-refractivity contribution in [3.05, 3.63) is 133 Å². The molecule has 3 aromatic carbocycles. The van der Waals surface area contributed by atoms with Gasteiger partial charge in [0.2, 0.25) is 0 Å². The Morgan fingerprint density at radius 2 is 1.58 bits per heavy atom. The molecule has 0 saturated carbocycles. The molecule has 8 nitrogen and oxygen atoms in total. The predicted octanol–water partition coefficient (Wildman–Crippen LogP) is 4.94. The monoisotopic (exact) mass is 525 g/mol. The SMILES string of the molecule is Cc1ccccc1S(=O)(=O)NC(=O)NC(Cc1ccccc1)c1nccn1-c1cccc(-n2cccc2)c1. The average Bonchev–Trinajstić information content (AvgIpc) is 3.62. The van der Waals surface area contributed by atoms with Crippen molar-refractivity contribution in [3.63, 3.8) is 0 Å². The summed E-state index contributed by atoms with van der Waals surface area (Å²) in [5.74, 6) is 0.571. The number of hydrogen-bond acceptors (Lipinski definition) is 4. The van der Waals surface area contributed by atoms with Gasteiger partial charge in [-0.1, -0.05) is 54.6 Å². The fourth-order valence-electron chi connectivity index (χ4n) is 4.38. The Hall–Kier alpha value is -4.63. The molecule has 0 bridgehead atoms. The summed E-state index contributed by atoms with van der Waals surface area (Å²) >= 11 is 0. The van der Waals surface area contributed by atoms with Crippen molar-refractivity contribution in [2.24, 2.45) is 0 Å². The predicted molar refractivity (Wildman–Crippen MR) is 146 cm³/mol. The number of imidazole rings is 1. The van der Waals surface area contributed by atoms with E-state index < -0.39 is 22.1 Å². The zero-order chi connectivity index (χ0) is 26.5. The summed E-state index contributed by atoms with van der Waals surface area (Å²) in [4.78, 5) is 17.7. The zero-order valence-electron chi connectivity index (χ0n) is 20.7. The number of urea groups is 1. The van der Waals surface area contributed by atoms with Crippen LogP contribution in [0.1, 0.15) is 23.0 Å². The second-order valence-corrected chi connectivity index (χ2v) is 10.5. The van der Waals surface area contributed by atoms with Crippen LogP contribution < -0.4 is 10.0 Å². The summed E-state index contributed by atoms with van der Waals surface area (Å²) in [5.41, 5.74) is 3.35. The zero-order valence-corrected chi connectivity index (χ0v) is 21.5. The van der Waals surface area contributed by atoms with Gasteiger partial charge in [-0.25, -0.2) is 22.9 Å². The number of aromatic nitrogens is 3. The van der Waals surface area contributed by atoms with E-state index in [0.29, 0.717) is 17.8 Å². The van der Waals surface area contributed by atoms with E-state index in [9.17, 15) is 13.2 Å². The van der Waals surface area contributed by atoms with Gasteiger partial charge in [0.15, 0.2) is 0 Å². The van der Waals surface area contributed by atoms with Gasteiger partial charge in [-0.05, 0) is 60.9 Å². The highest BCUT2D eigenvalue weighted by atomic mass is 32.2. The van der Waals surface area contributed by atoms with Crippen molar-refractivity contribution < 1.29 is 13.2 Å². The molecule has 1 atom stereocenters. The van der Waals surface area contributed by atoms with E-state index in [1.54, 1.807) is 31.3 Å². The molecule has 2 aromatic heterocycles. The van der Waals surface area contributed by atoms with Crippen molar-refractivity contribution in [2.45, 2.75) is 24.3 Å². The Morgan fingerprint density at radius 1 is 0.868 bits per heavy atom. The van der Waals surface area contributed by atoms with Gasteiger partial charge in [-0.2, -0.15) is 0 Å². The van der Waals surface area contributed by atoms with Crippen molar-refractivity contribution in [2.75, 3.05) is 0 Å². The first-order chi connectivity index (χ1) is 18.4. The number of nitrogens with zero attached hydrogens (tertiary/aromatic N) is 3. The highest BCUT2D eigenvalue weighted by Crippen LogP contribution is 2.23. The lowest BCUT2D eigenvalue weighted by Crippen LogP contribution is -2.42. The molecule has 0 spiro atoms. The first-order valence-electron chi connectivity index (χ1n) is 12.1. The van der Waals surface area contributed by atoms with E-state index >= 15 is 0 Å². The van der Waals surface area contributed by atoms with Crippen LogP contribution in [0.2, 0.25) is 0 Å². The van der Waals surface area contributed by atoms with E-state index in [4.69, 9.17) is 0 Å². The van der Waals surface area contributed by atoms with Crippen LogP contribution >= 0.6 is 0 Å². The largest absolute Gasteiger partial charge is 0.329 e. The molecule has 0 fully saturated rings. The molecule has 5 rings (SSSR count). The summed E-state index contributed by atoms with van der Waals surface area (Å²) in [6.07, 6.45) is 7.83. The second kappa shape index (κ2) is 10.8. The average molecular weight is 526 g/mol. The van der Waals surface area contributed by atoms with Crippen LogP contribution in [0.15, 0.2) is 121 Å². The molecule has 0 aliphatic carbocycles. The number of carbonyl (C=O) groups excluding carboxylic acids is 1. The van der Waals surface area contributed by atoms with E-state index in [0.717, 1.165) is 16.9 Å². The molecule has 2 N–H and O–H groups in total. The quantitative estimate of drug-likeness (QED) is 0.300. The maximum Gasteiger partial charge on any atom is 0.329 e. The van der Waals surface area contributed by atoms with Gasteiger partial charge in [-0.15, -0.1) is 0 Å². The smallest absolute Gasteiger partial charge is 0.327 e. The lowest BCUT2D eigenvalue weighted by atomic mass is 10.1. The number of benzene rings is 3. The standard InChI is InChI=1S/C29H27N5O3S/c1-22-10-5-6-15-27(22)38(36,37)32-29(35)31-26(20-23-11-3-2-4-12-23)28-30-16-19-34(28)25-14-9-13-24(21-25)33-17-7-8-18-33/h2-19,21,26H,20H2,1H3,(H2,31,32,35). The van der Waals surface area contributed by atoms with E-state index in [2.05, 4.69) is 15.0 Å². The third kappa shape index (κ3) is 5.52. The van der Waals surface area contributed by atoms with Gasteiger partial charge >= 0.3 is 6.03 Å². The Balaban J connectivity index is 1.46. The molecule has 0 aliphatic heterocycles. The Morgan fingerprint density at radius 3 is 2.34 bits per heavy atom. The lowest BCUT2D eigenvalue weighted by Gasteiger charge is -2.21. The maximum atomic E-state index is 13.1. The van der Waals surface area contributed by atoms with Crippen LogP contribution in [0.5, 0.6) is 0 Å². The number of rotatable bonds is 8. The molecule has 192 valence electrons. The summed E-state index contributed by atoms with van der Waals surface area (Å²) in [6.45, 7) is 1.68. The molecule has 1 unspecified atom stereocenters. The number of nitrogens with one attached hydrogen (secondary N) is 2. The topological polar surface area (TPSA) is 98.0 Å². The highest BCUT2D eigenvalue weighted by Gasteiger charge is 2.25. The Kier molecular flexibility index (Phi) is 7.10. The molecule has 0 radical (unpaired) electrons. The number of sulfonamides is 1. The van der Waals surface area contributed by atoms with Gasteiger partial charge in [-0.3, -0.25) is 0 Å². The van der Waals surface area contributed by atoms with Crippen LogP contribution in [0.25, 0.3) is 11.4 Å². The summed E-state index contributed by atoms with van der Waals surface area (Å²) < 4.78 is 31.9. The minimum atomic E-state index is -4.06. The summed E-state index contributed by atoms with van der Waals surface area (Å²) in [5, 5.41) is 2.85. The van der Waals surface area contributed by atoms with Crippen molar-refractivity contribution in [1.29, 1.82) is 0 Å². The molecule has 2 heterocycles. The van der Waals surface area contributed by atoms with Crippen LogP contribution in [0.4, 0.5) is 4.79 Å². The van der Waals surface area contributed by atoms with E-state index in [1.165, 1.54) is 6.07 Å². The molecule has 2 amide bonds. The molecule has 0 saturated heterocycles. The third-order valence-electron chi connectivity index (χ3n) is 6.19. The molecule has 5 aromatic rings. The summed E-state index contributed by atoms with van der Waals surface area (Å²) in [6, 6.07) is 26.6. The highest BCUT2D eigenvalue weighted by molar-refractivity contribution is 7.90. The molecule has 0 aliphatic rings. The van der Waals surface area contributed by atoms with Crippen molar-refractivity contribution in [3.8, 4) is 11.4 Å². The molecular formula is C29H27N5O3S. The summed E-state index contributed by atoms with van der Waals surface area (Å²) in [7, 11) is -4.06. The van der Waals surface area contributed by atoms with Gasteiger partial charge in [0, 0.05) is 36.2 Å². The minimum Gasteiger partial charge on any atom is -0.327 e. The second-order valence-electron chi connectivity index (χ2n) is 8.85. The number of aryl methyl sites for hydroxylation is 1. The maximum absolute atomic E-state index is 13.1.